The first kappa shape index (κ1) is 19.6. The van der Waals surface area contributed by atoms with Crippen molar-refractivity contribution in [2.45, 2.75) is 38.0 Å². The molecule has 2 heterocycles. The number of hydrogen-bond acceptors (Lipinski definition) is 3. The molecule has 1 aliphatic rings. The van der Waals surface area contributed by atoms with Crippen LogP contribution in [-0.2, 0) is 11.0 Å². The number of carbonyl (C=O) groups is 1. The summed E-state index contributed by atoms with van der Waals surface area (Å²) in [5.74, 6) is -0.990. The van der Waals surface area contributed by atoms with Crippen LogP contribution in [0.1, 0.15) is 41.3 Å². The molecule has 0 amide bonds. The molecule has 1 aromatic carbocycles. The van der Waals surface area contributed by atoms with E-state index in [1.807, 2.05) is 13.0 Å². The van der Waals surface area contributed by atoms with E-state index in [1.54, 1.807) is 17.2 Å². The summed E-state index contributed by atoms with van der Waals surface area (Å²) < 4.78 is 40.0. The Balaban J connectivity index is 2.17. The van der Waals surface area contributed by atoms with E-state index >= 15 is 0 Å². The largest absolute Gasteiger partial charge is 0.480 e. The Morgan fingerprint density at radius 1 is 1.37 bits per heavy atom. The lowest BCUT2D eigenvalue weighted by Gasteiger charge is -2.32. The van der Waals surface area contributed by atoms with E-state index in [4.69, 9.17) is 11.6 Å². The van der Waals surface area contributed by atoms with Crippen LogP contribution >= 0.6 is 11.6 Å². The summed E-state index contributed by atoms with van der Waals surface area (Å²) in [7, 11) is 0. The Kier molecular flexibility index (Phi) is 5.44. The van der Waals surface area contributed by atoms with Gasteiger partial charge in [-0.25, -0.2) is 0 Å². The molecule has 2 unspecified atom stereocenters. The van der Waals surface area contributed by atoms with Gasteiger partial charge in [0.25, 0.3) is 0 Å². The number of aliphatic carboxylic acids is 1. The summed E-state index contributed by atoms with van der Waals surface area (Å²) >= 11 is 5.76. The van der Waals surface area contributed by atoms with Gasteiger partial charge >= 0.3 is 12.1 Å². The van der Waals surface area contributed by atoms with Crippen molar-refractivity contribution in [2.24, 2.45) is 0 Å². The maximum atomic E-state index is 13.3. The smallest absolute Gasteiger partial charge is 0.417 e. The number of pyridine rings is 1. The lowest BCUT2D eigenvalue weighted by molar-refractivity contribution is -0.143. The topological polar surface area (TPSA) is 53.4 Å². The fourth-order valence-electron chi connectivity index (χ4n) is 3.58. The van der Waals surface area contributed by atoms with Crippen molar-refractivity contribution in [3.8, 4) is 0 Å². The minimum absolute atomic E-state index is 0.321. The number of aromatic nitrogens is 1. The SMILES string of the molecule is Cc1cccnc1C(c1ccc(Cl)c(C(F)(F)F)c1)N1CCCC1C(=O)O. The van der Waals surface area contributed by atoms with Crippen LogP contribution < -0.4 is 0 Å². The standard InChI is InChI=1S/C19H18ClF3N2O2/c1-11-4-2-8-24-16(11)17(25-9-3-5-15(25)18(26)27)12-6-7-14(20)13(10-12)19(21,22)23/h2,4,6-8,10,15,17H,3,5,9H2,1H3,(H,26,27). The second kappa shape index (κ2) is 7.48. The van der Waals surface area contributed by atoms with Crippen LogP contribution in [0, 0.1) is 6.92 Å². The monoisotopic (exact) mass is 398 g/mol. The average molecular weight is 399 g/mol. The number of rotatable bonds is 4. The Morgan fingerprint density at radius 2 is 2.11 bits per heavy atom. The van der Waals surface area contributed by atoms with Gasteiger partial charge in [-0.05, 0) is 49.1 Å². The Hall–Kier alpha value is -2.12. The van der Waals surface area contributed by atoms with Gasteiger partial charge in [0.2, 0.25) is 0 Å². The number of aryl methyl sites for hydroxylation is 1. The van der Waals surface area contributed by atoms with Crippen LogP contribution in [0.3, 0.4) is 0 Å². The predicted octanol–water partition coefficient (Wildman–Crippen LogP) is 4.70. The van der Waals surface area contributed by atoms with Crippen molar-refractivity contribution in [2.75, 3.05) is 6.54 Å². The summed E-state index contributed by atoms with van der Waals surface area (Å²) in [6, 6.07) is 5.77. The minimum atomic E-state index is -4.60. The summed E-state index contributed by atoms with van der Waals surface area (Å²) in [6.07, 6.45) is -1.95. The van der Waals surface area contributed by atoms with Crippen molar-refractivity contribution in [1.29, 1.82) is 0 Å². The van der Waals surface area contributed by atoms with Crippen molar-refractivity contribution in [3.05, 3.63) is 63.9 Å². The van der Waals surface area contributed by atoms with E-state index in [0.29, 0.717) is 30.6 Å². The zero-order valence-electron chi connectivity index (χ0n) is 14.5. The Bertz CT molecular complexity index is 857. The first-order valence-electron chi connectivity index (χ1n) is 8.47. The second-order valence-corrected chi connectivity index (χ2v) is 6.99. The molecule has 1 aromatic heterocycles. The van der Waals surface area contributed by atoms with Crippen LogP contribution in [0.15, 0.2) is 36.5 Å². The molecule has 2 aromatic rings. The zero-order valence-corrected chi connectivity index (χ0v) is 15.3. The number of carboxylic acids is 1. The van der Waals surface area contributed by atoms with Crippen LogP contribution in [0.2, 0.25) is 5.02 Å². The molecule has 1 N–H and O–H groups in total. The summed E-state index contributed by atoms with van der Waals surface area (Å²) in [4.78, 5) is 17.7. The molecule has 0 bridgehead atoms. The van der Waals surface area contributed by atoms with E-state index in [9.17, 15) is 23.1 Å². The van der Waals surface area contributed by atoms with Gasteiger partial charge in [0.05, 0.1) is 22.3 Å². The van der Waals surface area contributed by atoms with Crippen LogP contribution in [0.5, 0.6) is 0 Å². The summed E-state index contributed by atoms with van der Waals surface area (Å²) in [6.45, 7) is 2.27. The number of carboxylic acid groups (broad SMARTS) is 1. The minimum Gasteiger partial charge on any atom is -0.480 e. The quantitative estimate of drug-likeness (QED) is 0.811. The molecule has 1 saturated heterocycles. The Morgan fingerprint density at radius 3 is 2.74 bits per heavy atom. The predicted molar refractivity (Wildman–Crippen MR) is 94.6 cm³/mol. The van der Waals surface area contributed by atoms with Gasteiger partial charge in [-0.2, -0.15) is 13.2 Å². The summed E-state index contributed by atoms with van der Waals surface area (Å²) in [5.41, 5.74) is 0.705. The van der Waals surface area contributed by atoms with Crippen molar-refractivity contribution in [3.63, 3.8) is 0 Å². The highest BCUT2D eigenvalue weighted by atomic mass is 35.5. The molecular formula is C19H18ClF3N2O2. The third-order valence-corrected chi connectivity index (χ3v) is 5.16. The molecule has 27 heavy (non-hydrogen) atoms. The van der Waals surface area contributed by atoms with E-state index in [0.717, 1.165) is 11.6 Å². The highest BCUT2D eigenvalue weighted by molar-refractivity contribution is 6.31. The van der Waals surface area contributed by atoms with Crippen LogP contribution in [-0.4, -0.2) is 33.5 Å². The van der Waals surface area contributed by atoms with E-state index in [1.165, 1.54) is 12.1 Å². The van der Waals surface area contributed by atoms with Crippen molar-refractivity contribution < 1.29 is 23.1 Å². The molecule has 1 aliphatic heterocycles. The first-order chi connectivity index (χ1) is 12.7. The van der Waals surface area contributed by atoms with E-state index in [-0.39, 0.29) is 5.02 Å². The Labute approximate surface area is 159 Å². The van der Waals surface area contributed by atoms with Gasteiger partial charge in [0.15, 0.2) is 0 Å². The molecule has 0 spiro atoms. The maximum absolute atomic E-state index is 13.3. The average Bonchev–Trinajstić information content (AvgIpc) is 3.07. The molecule has 8 heteroatoms. The molecule has 0 aliphatic carbocycles. The number of alkyl halides is 3. The first-order valence-corrected chi connectivity index (χ1v) is 8.84. The van der Waals surface area contributed by atoms with Gasteiger partial charge in [-0.1, -0.05) is 23.7 Å². The highest BCUT2D eigenvalue weighted by Crippen LogP contribution is 2.40. The molecule has 0 radical (unpaired) electrons. The number of halogens is 4. The van der Waals surface area contributed by atoms with Crippen molar-refractivity contribution >= 4 is 17.6 Å². The van der Waals surface area contributed by atoms with Gasteiger partial charge < -0.3 is 5.11 Å². The number of benzene rings is 1. The highest BCUT2D eigenvalue weighted by Gasteiger charge is 2.39. The molecule has 1 fully saturated rings. The van der Waals surface area contributed by atoms with Gasteiger partial charge in [-0.15, -0.1) is 0 Å². The lowest BCUT2D eigenvalue weighted by Crippen LogP contribution is -2.39. The third kappa shape index (κ3) is 3.94. The number of likely N-dealkylation sites (tertiary alicyclic amines) is 1. The van der Waals surface area contributed by atoms with E-state index in [2.05, 4.69) is 4.98 Å². The fourth-order valence-corrected chi connectivity index (χ4v) is 3.81. The van der Waals surface area contributed by atoms with Crippen LogP contribution in [0.4, 0.5) is 13.2 Å². The fraction of sp³-hybridized carbons (Fsp3) is 0.368. The lowest BCUT2D eigenvalue weighted by atomic mass is 9.95. The van der Waals surface area contributed by atoms with Crippen LogP contribution in [0.25, 0.3) is 0 Å². The van der Waals surface area contributed by atoms with Gasteiger partial charge in [0.1, 0.15) is 6.04 Å². The molecule has 4 nitrogen and oxygen atoms in total. The van der Waals surface area contributed by atoms with Gasteiger partial charge in [-0.3, -0.25) is 14.7 Å². The zero-order chi connectivity index (χ0) is 19.8. The number of nitrogens with zero attached hydrogens (tertiary/aromatic N) is 2. The molecule has 3 rings (SSSR count). The normalized spacial score (nSPS) is 19.2. The second-order valence-electron chi connectivity index (χ2n) is 6.58. The number of hydrogen-bond donors (Lipinski definition) is 1. The summed E-state index contributed by atoms with van der Waals surface area (Å²) in [5, 5.41) is 9.17. The van der Waals surface area contributed by atoms with Crippen molar-refractivity contribution in [1.82, 2.24) is 9.88 Å². The van der Waals surface area contributed by atoms with Gasteiger partial charge in [0, 0.05) is 12.7 Å². The molecule has 0 saturated carbocycles. The molecule has 144 valence electrons. The van der Waals surface area contributed by atoms with E-state index < -0.39 is 29.8 Å². The molecule has 2 atom stereocenters. The molecular weight excluding hydrogens is 381 g/mol. The third-order valence-electron chi connectivity index (χ3n) is 4.83. The maximum Gasteiger partial charge on any atom is 0.417 e.